The number of hydrogen-bond acceptors (Lipinski definition) is 4. The van der Waals surface area contributed by atoms with Crippen LogP contribution < -0.4 is 10.1 Å². The zero-order valence-corrected chi connectivity index (χ0v) is 13.2. The molecule has 0 aliphatic carbocycles. The lowest BCUT2D eigenvalue weighted by Gasteiger charge is -2.17. The molecule has 0 fully saturated rings. The zero-order valence-electron chi connectivity index (χ0n) is 13.2. The van der Waals surface area contributed by atoms with Crippen LogP contribution in [0.15, 0.2) is 34.7 Å². The minimum absolute atomic E-state index is 0.245. The Bertz CT molecular complexity index is 662. The minimum Gasteiger partial charge on any atom is -0.497 e. The average molecular weight is 303 g/mol. The molecular formula is C17H21NO4. The van der Waals surface area contributed by atoms with E-state index in [0.29, 0.717) is 11.3 Å². The van der Waals surface area contributed by atoms with Gasteiger partial charge in [0.2, 0.25) is 0 Å². The van der Waals surface area contributed by atoms with Crippen LogP contribution in [0.3, 0.4) is 0 Å². The first-order valence-corrected chi connectivity index (χ1v) is 7.11. The molecule has 0 aliphatic heterocycles. The van der Waals surface area contributed by atoms with Gasteiger partial charge in [-0.25, -0.2) is 0 Å². The summed E-state index contributed by atoms with van der Waals surface area (Å²) in [6.45, 7) is 5.56. The normalized spacial score (nSPS) is 13.5. The standard InChI is InChI=1S/C17H21NO4/c1-10-8-15(12(3)22-10)11(2)18-17(20)16(19)13-6-5-7-14(9-13)21-4/h5-9,11,16,19H,1-4H3,(H,18,20). The molecule has 0 saturated heterocycles. The first kappa shape index (κ1) is 16.1. The van der Waals surface area contributed by atoms with Crippen LogP contribution in [0, 0.1) is 13.8 Å². The highest BCUT2D eigenvalue weighted by molar-refractivity contribution is 5.82. The summed E-state index contributed by atoms with van der Waals surface area (Å²) in [5.74, 6) is 1.70. The Morgan fingerprint density at radius 2 is 2.05 bits per heavy atom. The highest BCUT2D eigenvalue weighted by Gasteiger charge is 2.21. The number of rotatable bonds is 5. The highest BCUT2D eigenvalue weighted by atomic mass is 16.5. The summed E-state index contributed by atoms with van der Waals surface area (Å²) in [7, 11) is 1.54. The Morgan fingerprint density at radius 3 is 2.64 bits per heavy atom. The summed E-state index contributed by atoms with van der Waals surface area (Å²) >= 11 is 0. The lowest BCUT2D eigenvalue weighted by Crippen LogP contribution is -2.31. The van der Waals surface area contributed by atoms with Crippen molar-refractivity contribution in [1.29, 1.82) is 0 Å². The van der Waals surface area contributed by atoms with Crippen molar-refractivity contribution in [2.24, 2.45) is 0 Å². The van der Waals surface area contributed by atoms with Crippen molar-refractivity contribution >= 4 is 5.91 Å². The molecule has 0 aliphatic rings. The van der Waals surface area contributed by atoms with Gasteiger partial charge >= 0.3 is 0 Å². The van der Waals surface area contributed by atoms with Gasteiger partial charge in [0.05, 0.1) is 13.2 Å². The van der Waals surface area contributed by atoms with E-state index in [0.717, 1.165) is 17.1 Å². The third-order valence-electron chi connectivity index (χ3n) is 3.56. The molecule has 2 aromatic rings. The van der Waals surface area contributed by atoms with E-state index in [1.165, 1.54) is 7.11 Å². The van der Waals surface area contributed by atoms with Crippen molar-refractivity contribution in [2.75, 3.05) is 7.11 Å². The summed E-state index contributed by atoms with van der Waals surface area (Å²) in [5, 5.41) is 13.0. The van der Waals surface area contributed by atoms with Gasteiger partial charge in [0, 0.05) is 5.56 Å². The minimum atomic E-state index is -1.24. The number of aryl methyl sites for hydroxylation is 2. The lowest BCUT2D eigenvalue weighted by atomic mass is 10.1. The Balaban J connectivity index is 2.09. The van der Waals surface area contributed by atoms with Crippen LogP contribution >= 0.6 is 0 Å². The number of methoxy groups -OCH3 is 1. The van der Waals surface area contributed by atoms with E-state index in [1.54, 1.807) is 24.3 Å². The molecular weight excluding hydrogens is 282 g/mol. The van der Waals surface area contributed by atoms with E-state index < -0.39 is 12.0 Å². The molecule has 118 valence electrons. The van der Waals surface area contributed by atoms with Crippen LogP contribution in [0.25, 0.3) is 0 Å². The van der Waals surface area contributed by atoms with Gasteiger partial charge in [0.1, 0.15) is 17.3 Å². The largest absolute Gasteiger partial charge is 0.497 e. The fourth-order valence-electron chi connectivity index (χ4n) is 2.41. The monoisotopic (exact) mass is 303 g/mol. The quantitative estimate of drug-likeness (QED) is 0.891. The third kappa shape index (κ3) is 3.49. The number of furan rings is 1. The van der Waals surface area contributed by atoms with Crippen molar-refractivity contribution in [3.8, 4) is 5.75 Å². The number of carbonyl (C=O) groups excluding carboxylic acids is 1. The first-order chi connectivity index (χ1) is 10.4. The fraction of sp³-hybridized carbons (Fsp3) is 0.353. The molecule has 1 aromatic heterocycles. The first-order valence-electron chi connectivity index (χ1n) is 7.11. The molecule has 0 bridgehead atoms. The Hall–Kier alpha value is -2.27. The highest BCUT2D eigenvalue weighted by Crippen LogP contribution is 2.23. The van der Waals surface area contributed by atoms with E-state index in [9.17, 15) is 9.90 Å². The van der Waals surface area contributed by atoms with Gasteiger partial charge in [-0.3, -0.25) is 4.79 Å². The SMILES string of the molecule is COc1cccc(C(O)C(=O)NC(C)c2cc(C)oc2C)c1. The molecule has 1 aromatic carbocycles. The maximum absolute atomic E-state index is 12.2. The topological polar surface area (TPSA) is 71.7 Å². The van der Waals surface area contributed by atoms with Crippen LogP contribution in [0.1, 0.15) is 41.7 Å². The maximum atomic E-state index is 12.2. The summed E-state index contributed by atoms with van der Waals surface area (Å²) in [6.07, 6.45) is -1.24. The molecule has 0 spiro atoms. The molecule has 0 radical (unpaired) electrons. The van der Waals surface area contributed by atoms with Crippen LogP contribution in [-0.4, -0.2) is 18.1 Å². The van der Waals surface area contributed by atoms with Gasteiger partial charge in [0.25, 0.3) is 5.91 Å². The number of aliphatic hydroxyl groups excluding tert-OH is 1. The Kier molecular flexibility index (Phi) is 4.88. The molecule has 5 nitrogen and oxygen atoms in total. The van der Waals surface area contributed by atoms with E-state index in [-0.39, 0.29) is 6.04 Å². The number of hydrogen-bond donors (Lipinski definition) is 2. The van der Waals surface area contributed by atoms with Crippen LogP contribution in [0.4, 0.5) is 0 Å². The molecule has 2 N–H and O–H groups in total. The maximum Gasteiger partial charge on any atom is 0.253 e. The van der Waals surface area contributed by atoms with Gasteiger partial charge in [0.15, 0.2) is 6.10 Å². The number of nitrogens with one attached hydrogen (secondary N) is 1. The third-order valence-corrected chi connectivity index (χ3v) is 3.56. The number of carbonyl (C=O) groups is 1. The van der Waals surface area contributed by atoms with Crippen molar-refractivity contribution < 1.29 is 19.1 Å². The van der Waals surface area contributed by atoms with Crippen molar-refractivity contribution in [2.45, 2.75) is 32.9 Å². The smallest absolute Gasteiger partial charge is 0.253 e. The van der Waals surface area contributed by atoms with Crippen LogP contribution in [0.2, 0.25) is 0 Å². The van der Waals surface area contributed by atoms with E-state index in [2.05, 4.69) is 5.32 Å². The Labute approximate surface area is 129 Å². The number of amides is 1. The number of benzene rings is 1. The molecule has 0 saturated carbocycles. The summed E-state index contributed by atoms with van der Waals surface area (Å²) in [6, 6.07) is 8.46. The van der Waals surface area contributed by atoms with E-state index in [4.69, 9.17) is 9.15 Å². The van der Waals surface area contributed by atoms with Gasteiger partial charge in [-0.15, -0.1) is 0 Å². The molecule has 1 amide bonds. The van der Waals surface area contributed by atoms with Crippen molar-refractivity contribution in [1.82, 2.24) is 5.32 Å². The van der Waals surface area contributed by atoms with Gasteiger partial charge < -0.3 is 19.6 Å². The van der Waals surface area contributed by atoms with Crippen molar-refractivity contribution in [3.63, 3.8) is 0 Å². The molecule has 2 rings (SSSR count). The molecule has 2 unspecified atom stereocenters. The number of aliphatic hydroxyl groups is 1. The second kappa shape index (κ2) is 6.66. The molecule has 22 heavy (non-hydrogen) atoms. The predicted octanol–water partition coefficient (Wildman–Crippen LogP) is 2.82. The average Bonchev–Trinajstić information content (AvgIpc) is 2.85. The van der Waals surface area contributed by atoms with Crippen molar-refractivity contribution in [3.05, 3.63) is 53.0 Å². The molecule has 1 heterocycles. The van der Waals surface area contributed by atoms with Gasteiger partial charge in [-0.1, -0.05) is 12.1 Å². The number of ether oxygens (including phenoxy) is 1. The van der Waals surface area contributed by atoms with Gasteiger partial charge in [-0.05, 0) is 44.5 Å². The van der Waals surface area contributed by atoms with Crippen LogP contribution in [0.5, 0.6) is 5.75 Å². The summed E-state index contributed by atoms with van der Waals surface area (Å²) in [5.41, 5.74) is 1.40. The Morgan fingerprint density at radius 1 is 1.32 bits per heavy atom. The van der Waals surface area contributed by atoms with E-state index in [1.807, 2.05) is 26.8 Å². The van der Waals surface area contributed by atoms with E-state index >= 15 is 0 Å². The predicted molar refractivity (Wildman–Crippen MR) is 82.7 cm³/mol. The van der Waals surface area contributed by atoms with Crippen LogP contribution in [-0.2, 0) is 4.79 Å². The van der Waals surface area contributed by atoms with Gasteiger partial charge in [-0.2, -0.15) is 0 Å². The fourth-order valence-corrected chi connectivity index (χ4v) is 2.41. The summed E-state index contributed by atoms with van der Waals surface area (Å²) < 4.78 is 10.6. The molecule has 2 atom stereocenters. The lowest BCUT2D eigenvalue weighted by molar-refractivity contribution is -0.130. The zero-order chi connectivity index (χ0) is 16.3. The second-order valence-electron chi connectivity index (χ2n) is 5.28. The molecule has 5 heteroatoms. The summed E-state index contributed by atoms with van der Waals surface area (Å²) in [4.78, 5) is 12.2. The second-order valence-corrected chi connectivity index (χ2v) is 5.28.